The largest absolute Gasteiger partial charge is 0.454 e. The first kappa shape index (κ1) is 12.8. The van der Waals surface area contributed by atoms with Gasteiger partial charge in [-0.2, -0.15) is 0 Å². The van der Waals surface area contributed by atoms with Crippen LogP contribution in [0.2, 0.25) is 0 Å². The van der Waals surface area contributed by atoms with E-state index in [0.717, 1.165) is 0 Å². The summed E-state index contributed by atoms with van der Waals surface area (Å²) in [5.74, 6) is -1.94. The van der Waals surface area contributed by atoms with Gasteiger partial charge in [-0.05, 0) is 0 Å². The molecule has 5 N–H and O–H groups in total. The van der Waals surface area contributed by atoms with Crippen molar-refractivity contribution >= 4 is 11.9 Å². The number of carbonyl (C=O) groups excluding carboxylic acids is 2. The molecular weight excluding hydrogens is 222 g/mol. The zero-order valence-electron chi connectivity index (χ0n) is 8.28. The van der Waals surface area contributed by atoms with E-state index in [1.165, 1.54) is 0 Å². The number of aliphatic hydroxyl groups excluding tert-OH is 3. The number of ether oxygens (including phenoxy) is 2. The molecule has 1 fully saturated rings. The highest BCUT2D eigenvalue weighted by Gasteiger charge is 2.46. The van der Waals surface area contributed by atoms with Crippen molar-refractivity contribution in [2.45, 2.75) is 24.4 Å². The van der Waals surface area contributed by atoms with Crippen molar-refractivity contribution < 1.29 is 34.4 Å². The van der Waals surface area contributed by atoms with Gasteiger partial charge < -0.3 is 30.5 Å². The van der Waals surface area contributed by atoms with Crippen molar-refractivity contribution in [2.24, 2.45) is 5.73 Å². The minimum atomic E-state index is -1.64. The van der Waals surface area contributed by atoms with Gasteiger partial charge in [0.25, 0.3) is 0 Å². The number of hydrogen-bond acceptors (Lipinski definition) is 8. The second-order valence-corrected chi connectivity index (χ2v) is 3.25. The molecule has 1 heterocycles. The Balaban J connectivity index is 2.72. The standard InChI is InChI=1S/C8H13NO7/c9-1-4(11)16-7-6(13)5(12)3(2-10)15-8(7)14/h3,5-7,10,12-13H,1-2,9H2/t3-,5-,6+,7-/m1/s1. The topological polar surface area (TPSA) is 139 Å². The summed E-state index contributed by atoms with van der Waals surface area (Å²) >= 11 is 0. The van der Waals surface area contributed by atoms with E-state index in [1.54, 1.807) is 0 Å². The van der Waals surface area contributed by atoms with E-state index in [-0.39, 0.29) is 0 Å². The van der Waals surface area contributed by atoms with Gasteiger partial charge in [-0.1, -0.05) is 0 Å². The van der Waals surface area contributed by atoms with Gasteiger partial charge in [0.2, 0.25) is 6.10 Å². The Hall–Kier alpha value is -1.22. The van der Waals surface area contributed by atoms with Gasteiger partial charge in [0.1, 0.15) is 12.2 Å². The second kappa shape index (κ2) is 5.21. The molecule has 16 heavy (non-hydrogen) atoms. The van der Waals surface area contributed by atoms with Gasteiger partial charge >= 0.3 is 11.9 Å². The first-order valence-corrected chi connectivity index (χ1v) is 4.58. The van der Waals surface area contributed by atoms with Crippen molar-refractivity contribution in [3.05, 3.63) is 0 Å². The Labute approximate surface area is 90.6 Å². The fourth-order valence-corrected chi connectivity index (χ4v) is 1.28. The first-order valence-electron chi connectivity index (χ1n) is 4.58. The quantitative estimate of drug-likeness (QED) is 0.369. The Morgan fingerprint density at radius 1 is 1.44 bits per heavy atom. The fourth-order valence-electron chi connectivity index (χ4n) is 1.28. The molecule has 0 amide bonds. The van der Waals surface area contributed by atoms with E-state index >= 15 is 0 Å². The Bertz CT molecular complexity index is 282. The number of carbonyl (C=O) groups is 2. The normalized spacial score (nSPS) is 34.4. The van der Waals surface area contributed by atoms with Gasteiger partial charge in [-0.25, -0.2) is 4.79 Å². The van der Waals surface area contributed by atoms with Crippen molar-refractivity contribution in [3.8, 4) is 0 Å². The highest BCUT2D eigenvalue weighted by Crippen LogP contribution is 2.18. The van der Waals surface area contributed by atoms with Crippen LogP contribution in [0.25, 0.3) is 0 Å². The van der Waals surface area contributed by atoms with Crippen LogP contribution in [-0.4, -0.2) is 64.8 Å². The minimum Gasteiger partial charge on any atom is -0.454 e. The second-order valence-electron chi connectivity index (χ2n) is 3.25. The molecule has 8 heteroatoms. The van der Waals surface area contributed by atoms with Crippen molar-refractivity contribution in [2.75, 3.05) is 13.2 Å². The predicted octanol–water partition coefficient (Wildman–Crippen LogP) is -3.50. The van der Waals surface area contributed by atoms with Crippen LogP contribution in [0.4, 0.5) is 0 Å². The number of nitrogens with two attached hydrogens (primary N) is 1. The molecule has 0 saturated carbocycles. The highest BCUT2D eigenvalue weighted by atomic mass is 16.6. The van der Waals surface area contributed by atoms with Crippen LogP contribution in [0, 0.1) is 0 Å². The van der Waals surface area contributed by atoms with Crippen molar-refractivity contribution in [1.82, 2.24) is 0 Å². The predicted molar refractivity (Wildman–Crippen MR) is 47.9 cm³/mol. The lowest BCUT2D eigenvalue weighted by Crippen LogP contribution is -2.58. The van der Waals surface area contributed by atoms with Crippen LogP contribution in [-0.2, 0) is 19.1 Å². The van der Waals surface area contributed by atoms with E-state index in [0.29, 0.717) is 0 Å². The number of esters is 2. The minimum absolute atomic E-state index is 0.462. The van der Waals surface area contributed by atoms with Crippen LogP contribution in [0.3, 0.4) is 0 Å². The van der Waals surface area contributed by atoms with E-state index in [1.807, 2.05) is 0 Å². The molecule has 0 aromatic carbocycles. The molecule has 1 rings (SSSR count). The summed E-state index contributed by atoms with van der Waals surface area (Å²) in [5, 5.41) is 27.6. The number of hydrogen-bond donors (Lipinski definition) is 4. The van der Waals surface area contributed by atoms with E-state index in [4.69, 9.17) is 10.8 Å². The summed E-state index contributed by atoms with van der Waals surface area (Å²) in [5.41, 5.74) is 4.96. The molecule has 0 bridgehead atoms. The molecule has 4 atom stereocenters. The maximum Gasteiger partial charge on any atom is 0.350 e. The Kier molecular flexibility index (Phi) is 4.19. The maximum atomic E-state index is 11.2. The summed E-state index contributed by atoms with van der Waals surface area (Å²) in [4.78, 5) is 22.1. The third-order valence-electron chi connectivity index (χ3n) is 2.15. The van der Waals surface area contributed by atoms with Crippen LogP contribution in [0.5, 0.6) is 0 Å². The third-order valence-corrected chi connectivity index (χ3v) is 2.15. The molecule has 8 nitrogen and oxygen atoms in total. The highest BCUT2D eigenvalue weighted by molar-refractivity contribution is 5.81. The van der Waals surface area contributed by atoms with Crippen LogP contribution >= 0.6 is 0 Å². The van der Waals surface area contributed by atoms with E-state index < -0.39 is 49.5 Å². The molecular formula is C8H13NO7. The SMILES string of the molecule is NCC(=O)O[C@H]1C(=O)O[C@H](CO)[C@@H](O)[C@@H]1O. The lowest BCUT2D eigenvalue weighted by molar-refractivity contribution is -0.214. The molecule has 0 aromatic heterocycles. The van der Waals surface area contributed by atoms with E-state index in [9.17, 15) is 19.8 Å². The first-order chi connectivity index (χ1) is 7.51. The number of rotatable bonds is 3. The zero-order chi connectivity index (χ0) is 12.3. The number of cyclic esters (lactones) is 1. The van der Waals surface area contributed by atoms with Gasteiger partial charge in [-0.15, -0.1) is 0 Å². The fraction of sp³-hybridized carbons (Fsp3) is 0.750. The molecule has 92 valence electrons. The molecule has 0 aliphatic carbocycles. The Morgan fingerprint density at radius 2 is 2.06 bits per heavy atom. The van der Waals surface area contributed by atoms with Gasteiger partial charge in [-0.3, -0.25) is 4.79 Å². The van der Waals surface area contributed by atoms with Crippen LogP contribution < -0.4 is 5.73 Å². The summed E-state index contributed by atoms with van der Waals surface area (Å²) in [6.07, 6.45) is -6.00. The van der Waals surface area contributed by atoms with Gasteiger partial charge in [0.05, 0.1) is 13.2 Å². The number of aliphatic hydroxyl groups is 3. The van der Waals surface area contributed by atoms with Crippen LogP contribution in [0.1, 0.15) is 0 Å². The smallest absolute Gasteiger partial charge is 0.350 e. The van der Waals surface area contributed by atoms with Gasteiger partial charge in [0.15, 0.2) is 6.10 Å². The molecule has 1 aliphatic heterocycles. The average molecular weight is 235 g/mol. The maximum absolute atomic E-state index is 11.2. The summed E-state index contributed by atoms with van der Waals surface area (Å²) in [6.45, 7) is -1.10. The molecule has 0 unspecified atom stereocenters. The molecule has 0 aromatic rings. The van der Waals surface area contributed by atoms with Crippen molar-refractivity contribution in [3.63, 3.8) is 0 Å². The van der Waals surface area contributed by atoms with Crippen LogP contribution in [0.15, 0.2) is 0 Å². The van der Waals surface area contributed by atoms with Gasteiger partial charge in [0, 0.05) is 0 Å². The Morgan fingerprint density at radius 3 is 2.56 bits per heavy atom. The third kappa shape index (κ3) is 2.47. The lowest BCUT2D eigenvalue weighted by atomic mass is 10.00. The van der Waals surface area contributed by atoms with Crippen molar-refractivity contribution in [1.29, 1.82) is 0 Å². The molecule has 1 aliphatic rings. The lowest BCUT2D eigenvalue weighted by Gasteiger charge is -2.34. The summed E-state index contributed by atoms with van der Waals surface area (Å²) in [6, 6.07) is 0. The molecule has 0 spiro atoms. The molecule has 1 saturated heterocycles. The zero-order valence-corrected chi connectivity index (χ0v) is 8.28. The monoisotopic (exact) mass is 235 g/mol. The van der Waals surface area contributed by atoms with E-state index in [2.05, 4.69) is 9.47 Å². The summed E-state index contributed by atoms with van der Waals surface area (Å²) in [7, 11) is 0. The molecule has 0 radical (unpaired) electrons. The average Bonchev–Trinajstić information content (AvgIpc) is 2.28. The summed E-state index contributed by atoms with van der Waals surface area (Å²) < 4.78 is 9.06.